The van der Waals surface area contributed by atoms with Crippen molar-refractivity contribution in [3.05, 3.63) is 46.3 Å². The van der Waals surface area contributed by atoms with Crippen LogP contribution in [0.5, 0.6) is 0 Å². The summed E-state index contributed by atoms with van der Waals surface area (Å²) in [5.74, 6) is -2.12. The van der Waals surface area contributed by atoms with Crippen LogP contribution in [-0.2, 0) is 6.54 Å². The maximum absolute atomic E-state index is 13.4. The highest BCUT2D eigenvalue weighted by Gasteiger charge is 2.22. The lowest BCUT2D eigenvalue weighted by atomic mass is 10.2. The van der Waals surface area contributed by atoms with E-state index < -0.39 is 22.2 Å². The van der Waals surface area contributed by atoms with E-state index in [0.717, 1.165) is 6.07 Å². The molecule has 0 fully saturated rings. The van der Waals surface area contributed by atoms with E-state index in [1.165, 1.54) is 6.20 Å². The van der Waals surface area contributed by atoms with Crippen LogP contribution >= 0.6 is 0 Å². The molecular formula is C11H10F2N4O2. The molecule has 0 radical (unpaired) electrons. The van der Waals surface area contributed by atoms with Crippen molar-refractivity contribution in [1.29, 1.82) is 0 Å². The Hall–Kier alpha value is -2.51. The van der Waals surface area contributed by atoms with Crippen molar-refractivity contribution >= 4 is 17.1 Å². The minimum Gasteiger partial charge on any atom is -0.347 e. The number of nitrogens with zero attached hydrogens (tertiary/aromatic N) is 3. The molecule has 100 valence electrons. The molecule has 19 heavy (non-hydrogen) atoms. The first kappa shape index (κ1) is 12.9. The number of hydrogen-bond donors (Lipinski definition) is 1. The molecule has 0 spiro atoms. The molecule has 1 aromatic carbocycles. The number of nitrogens with one attached hydrogen (secondary N) is 1. The van der Waals surface area contributed by atoms with Gasteiger partial charge in [0.25, 0.3) is 0 Å². The maximum Gasteiger partial charge on any atom is 0.328 e. The average Bonchev–Trinajstić information content (AvgIpc) is 2.75. The third-order valence-electron chi connectivity index (χ3n) is 2.45. The summed E-state index contributed by atoms with van der Waals surface area (Å²) in [5, 5.41) is 17.3. The summed E-state index contributed by atoms with van der Waals surface area (Å²) < 4.78 is 28.1. The summed E-state index contributed by atoms with van der Waals surface area (Å²) in [6.07, 6.45) is 2.99. The number of nitro benzene ring substituents is 1. The summed E-state index contributed by atoms with van der Waals surface area (Å²) in [6, 6.07) is 1.34. The number of halogens is 2. The van der Waals surface area contributed by atoms with Crippen LogP contribution in [-0.4, -0.2) is 14.7 Å². The number of nitro groups is 1. The van der Waals surface area contributed by atoms with Crippen LogP contribution in [0, 0.1) is 21.7 Å². The van der Waals surface area contributed by atoms with E-state index in [-0.39, 0.29) is 5.69 Å². The van der Waals surface area contributed by atoms with Gasteiger partial charge in [-0.05, 0) is 6.92 Å². The Morgan fingerprint density at radius 3 is 2.79 bits per heavy atom. The first-order valence-corrected chi connectivity index (χ1v) is 5.44. The van der Waals surface area contributed by atoms with Gasteiger partial charge in [-0.3, -0.25) is 14.8 Å². The van der Waals surface area contributed by atoms with Crippen LogP contribution in [0.25, 0.3) is 0 Å². The number of benzene rings is 1. The fraction of sp³-hybridized carbons (Fsp3) is 0.182. The molecule has 1 aromatic heterocycles. The summed E-state index contributed by atoms with van der Waals surface area (Å²) in [7, 11) is 0. The second kappa shape index (κ2) is 5.01. The standard InChI is InChI=1S/C11H10F2N4O2/c1-2-16-6-8(5-14-16)15-10-4-7(12)3-9(13)11(10)17(18)19/h3-6,15H,2H2,1H3. The maximum atomic E-state index is 13.4. The number of anilines is 2. The molecular weight excluding hydrogens is 258 g/mol. The zero-order valence-corrected chi connectivity index (χ0v) is 9.93. The molecule has 0 atom stereocenters. The molecule has 0 aliphatic carbocycles. The molecule has 0 bridgehead atoms. The number of aromatic nitrogens is 2. The van der Waals surface area contributed by atoms with Gasteiger partial charge in [0.15, 0.2) is 0 Å². The van der Waals surface area contributed by atoms with Gasteiger partial charge in [0.2, 0.25) is 5.82 Å². The van der Waals surface area contributed by atoms with Gasteiger partial charge in [-0.2, -0.15) is 9.49 Å². The van der Waals surface area contributed by atoms with Gasteiger partial charge in [-0.25, -0.2) is 4.39 Å². The van der Waals surface area contributed by atoms with Gasteiger partial charge in [0.05, 0.1) is 16.8 Å². The normalized spacial score (nSPS) is 10.5. The number of aryl methyl sites for hydroxylation is 1. The molecule has 0 saturated carbocycles. The molecule has 2 rings (SSSR count). The van der Waals surface area contributed by atoms with Crippen LogP contribution in [0.1, 0.15) is 6.92 Å². The molecule has 0 saturated heterocycles. The van der Waals surface area contributed by atoms with Crippen molar-refractivity contribution in [3.63, 3.8) is 0 Å². The molecule has 0 aliphatic heterocycles. The predicted molar refractivity (Wildman–Crippen MR) is 64.2 cm³/mol. The van der Waals surface area contributed by atoms with Crippen molar-refractivity contribution in [2.45, 2.75) is 13.5 Å². The van der Waals surface area contributed by atoms with Crippen LogP contribution in [0.3, 0.4) is 0 Å². The number of rotatable bonds is 4. The minimum absolute atomic E-state index is 0.252. The molecule has 1 heterocycles. The lowest BCUT2D eigenvalue weighted by Gasteiger charge is -2.05. The van der Waals surface area contributed by atoms with Crippen LogP contribution < -0.4 is 5.32 Å². The van der Waals surface area contributed by atoms with Crippen molar-refractivity contribution in [2.75, 3.05) is 5.32 Å². The van der Waals surface area contributed by atoms with E-state index >= 15 is 0 Å². The fourth-order valence-electron chi connectivity index (χ4n) is 1.60. The van der Waals surface area contributed by atoms with Gasteiger partial charge >= 0.3 is 5.69 Å². The zero-order chi connectivity index (χ0) is 14.0. The van der Waals surface area contributed by atoms with Crippen LogP contribution in [0.2, 0.25) is 0 Å². The fourth-order valence-corrected chi connectivity index (χ4v) is 1.60. The van der Waals surface area contributed by atoms with Crippen LogP contribution in [0.15, 0.2) is 24.5 Å². The summed E-state index contributed by atoms with van der Waals surface area (Å²) in [5.41, 5.74) is -0.640. The van der Waals surface area contributed by atoms with Crippen molar-refractivity contribution in [1.82, 2.24) is 9.78 Å². The van der Waals surface area contributed by atoms with E-state index in [9.17, 15) is 18.9 Å². The summed E-state index contributed by atoms with van der Waals surface area (Å²) in [6.45, 7) is 2.47. The van der Waals surface area contributed by atoms with Gasteiger partial charge in [-0.15, -0.1) is 0 Å². The summed E-state index contributed by atoms with van der Waals surface area (Å²) in [4.78, 5) is 9.89. The van der Waals surface area contributed by atoms with Gasteiger partial charge in [0.1, 0.15) is 11.5 Å². The van der Waals surface area contributed by atoms with E-state index in [0.29, 0.717) is 18.3 Å². The molecule has 8 heteroatoms. The van der Waals surface area contributed by atoms with Gasteiger partial charge in [0, 0.05) is 24.9 Å². The van der Waals surface area contributed by atoms with Crippen LogP contribution in [0.4, 0.5) is 25.8 Å². The van der Waals surface area contributed by atoms with Crippen molar-refractivity contribution in [2.24, 2.45) is 0 Å². The monoisotopic (exact) mass is 268 g/mol. The van der Waals surface area contributed by atoms with E-state index in [2.05, 4.69) is 10.4 Å². The van der Waals surface area contributed by atoms with E-state index in [1.807, 2.05) is 6.92 Å². The molecule has 0 unspecified atom stereocenters. The molecule has 6 nitrogen and oxygen atoms in total. The van der Waals surface area contributed by atoms with E-state index in [4.69, 9.17) is 0 Å². The second-order valence-electron chi connectivity index (χ2n) is 3.75. The Labute approximate surface area is 106 Å². The average molecular weight is 268 g/mol. The zero-order valence-electron chi connectivity index (χ0n) is 9.93. The highest BCUT2D eigenvalue weighted by Crippen LogP contribution is 2.31. The highest BCUT2D eigenvalue weighted by molar-refractivity contribution is 5.69. The molecule has 0 aliphatic rings. The topological polar surface area (TPSA) is 73.0 Å². The van der Waals surface area contributed by atoms with Crippen molar-refractivity contribution in [3.8, 4) is 0 Å². The lowest BCUT2D eigenvalue weighted by molar-refractivity contribution is -0.386. The lowest BCUT2D eigenvalue weighted by Crippen LogP contribution is -2.00. The predicted octanol–water partition coefficient (Wildman–Crippen LogP) is 2.83. The highest BCUT2D eigenvalue weighted by atomic mass is 19.1. The SMILES string of the molecule is CCn1cc(Nc2cc(F)cc(F)c2[N+](=O)[O-])cn1. The Balaban J connectivity index is 2.40. The molecule has 2 aromatic rings. The molecule has 0 amide bonds. The Morgan fingerprint density at radius 2 is 2.21 bits per heavy atom. The minimum atomic E-state index is -1.23. The Kier molecular flexibility index (Phi) is 3.41. The first-order valence-electron chi connectivity index (χ1n) is 5.44. The first-order chi connectivity index (χ1) is 9.01. The van der Waals surface area contributed by atoms with Gasteiger partial charge < -0.3 is 5.32 Å². The van der Waals surface area contributed by atoms with Gasteiger partial charge in [-0.1, -0.05) is 0 Å². The number of hydrogen-bond acceptors (Lipinski definition) is 4. The Morgan fingerprint density at radius 1 is 1.47 bits per heavy atom. The van der Waals surface area contributed by atoms with Crippen molar-refractivity contribution < 1.29 is 13.7 Å². The largest absolute Gasteiger partial charge is 0.347 e. The Bertz CT molecular complexity index is 627. The second-order valence-corrected chi connectivity index (χ2v) is 3.75. The third kappa shape index (κ3) is 2.67. The third-order valence-corrected chi connectivity index (χ3v) is 2.45. The smallest absolute Gasteiger partial charge is 0.328 e. The molecule has 1 N–H and O–H groups in total. The summed E-state index contributed by atoms with van der Waals surface area (Å²) >= 11 is 0. The quantitative estimate of drug-likeness (QED) is 0.683. The van der Waals surface area contributed by atoms with E-state index in [1.54, 1.807) is 10.9 Å².